The third-order valence-corrected chi connectivity index (χ3v) is 4.51. The number of benzene rings is 1. The van der Waals surface area contributed by atoms with Gasteiger partial charge in [-0.3, -0.25) is 0 Å². The van der Waals surface area contributed by atoms with E-state index >= 15 is 0 Å². The molecule has 4 heteroatoms. The second-order valence-electron chi connectivity index (χ2n) is 4.91. The van der Waals surface area contributed by atoms with Crippen molar-refractivity contribution in [1.82, 2.24) is 0 Å². The Bertz CT molecular complexity index is 538. The summed E-state index contributed by atoms with van der Waals surface area (Å²) >= 11 is 1.74. The maximum absolute atomic E-state index is 6.04. The molecule has 1 unspecified atom stereocenters. The summed E-state index contributed by atoms with van der Waals surface area (Å²) in [6, 6.07) is 11.0. The number of hydrogen-bond donors (Lipinski definition) is 1. The number of para-hydroxylation sites is 2. The highest BCUT2D eigenvalue weighted by molar-refractivity contribution is 7.08. The van der Waals surface area contributed by atoms with Gasteiger partial charge in [-0.1, -0.05) is 12.1 Å². The Kier molecular flexibility index (Phi) is 3.44. The molecule has 1 atom stereocenters. The molecular weight excluding hydrogens is 254 g/mol. The number of thiophene rings is 1. The molecule has 0 aliphatic carbocycles. The summed E-state index contributed by atoms with van der Waals surface area (Å²) < 4.78 is 0. The first-order valence-electron chi connectivity index (χ1n) is 6.60. The van der Waals surface area contributed by atoms with Crippen molar-refractivity contribution in [2.45, 2.75) is 6.04 Å². The van der Waals surface area contributed by atoms with E-state index in [-0.39, 0.29) is 6.04 Å². The van der Waals surface area contributed by atoms with Crippen LogP contribution in [-0.4, -0.2) is 26.7 Å². The molecular formula is C15H19N3S. The molecule has 1 aromatic carbocycles. The van der Waals surface area contributed by atoms with Crippen LogP contribution in [0.4, 0.5) is 11.4 Å². The molecule has 1 aliphatic rings. The lowest BCUT2D eigenvalue weighted by Gasteiger charge is -2.41. The standard InChI is InChI=1S/C15H19N3S/c1-17-7-8-18(14-5-3-2-4-13(14)17)15(10-16)12-6-9-19-11-12/h2-6,9,11,15H,7-8,10,16H2,1H3. The van der Waals surface area contributed by atoms with E-state index < -0.39 is 0 Å². The lowest BCUT2D eigenvalue weighted by Crippen LogP contribution is -2.43. The van der Waals surface area contributed by atoms with Crippen LogP contribution in [0.5, 0.6) is 0 Å². The van der Waals surface area contributed by atoms with E-state index in [9.17, 15) is 0 Å². The summed E-state index contributed by atoms with van der Waals surface area (Å²) in [5, 5.41) is 4.33. The van der Waals surface area contributed by atoms with E-state index in [0.717, 1.165) is 13.1 Å². The van der Waals surface area contributed by atoms with E-state index in [0.29, 0.717) is 6.54 Å². The highest BCUT2D eigenvalue weighted by Gasteiger charge is 2.26. The number of nitrogens with two attached hydrogens (primary N) is 1. The van der Waals surface area contributed by atoms with E-state index in [4.69, 9.17) is 5.73 Å². The first kappa shape index (κ1) is 12.5. The van der Waals surface area contributed by atoms with Gasteiger partial charge in [-0.05, 0) is 34.5 Å². The van der Waals surface area contributed by atoms with Crippen molar-refractivity contribution in [3.8, 4) is 0 Å². The predicted molar refractivity (Wildman–Crippen MR) is 83.2 cm³/mol. The largest absolute Gasteiger partial charge is 0.371 e. The minimum Gasteiger partial charge on any atom is -0.371 e. The van der Waals surface area contributed by atoms with Gasteiger partial charge in [-0.25, -0.2) is 0 Å². The van der Waals surface area contributed by atoms with E-state index in [1.165, 1.54) is 16.9 Å². The average Bonchev–Trinajstić information content (AvgIpc) is 2.96. The fourth-order valence-corrected chi connectivity index (χ4v) is 3.47. The summed E-state index contributed by atoms with van der Waals surface area (Å²) in [6.45, 7) is 2.71. The van der Waals surface area contributed by atoms with Gasteiger partial charge in [0.15, 0.2) is 0 Å². The molecule has 0 saturated carbocycles. The van der Waals surface area contributed by atoms with Gasteiger partial charge in [0, 0.05) is 26.7 Å². The number of anilines is 2. The smallest absolute Gasteiger partial charge is 0.0674 e. The highest BCUT2D eigenvalue weighted by atomic mass is 32.1. The summed E-state index contributed by atoms with van der Waals surface area (Å²) in [5.41, 5.74) is 9.95. The molecule has 3 rings (SSSR count). The second-order valence-corrected chi connectivity index (χ2v) is 5.69. The average molecular weight is 273 g/mol. The maximum atomic E-state index is 6.04. The van der Waals surface area contributed by atoms with Gasteiger partial charge in [-0.15, -0.1) is 0 Å². The van der Waals surface area contributed by atoms with Crippen LogP contribution in [-0.2, 0) is 0 Å². The number of likely N-dealkylation sites (N-methyl/N-ethyl adjacent to an activating group) is 1. The zero-order valence-corrected chi connectivity index (χ0v) is 11.9. The van der Waals surface area contributed by atoms with Gasteiger partial charge in [0.25, 0.3) is 0 Å². The third kappa shape index (κ3) is 2.22. The van der Waals surface area contributed by atoms with Crippen molar-refractivity contribution in [1.29, 1.82) is 0 Å². The summed E-state index contributed by atoms with van der Waals surface area (Å²) in [7, 11) is 2.15. The number of nitrogens with zero attached hydrogens (tertiary/aromatic N) is 2. The van der Waals surface area contributed by atoms with Gasteiger partial charge >= 0.3 is 0 Å². The van der Waals surface area contributed by atoms with Crippen LogP contribution >= 0.6 is 11.3 Å². The Morgan fingerprint density at radius 2 is 2.00 bits per heavy atom. The normalized spacial score (nSPS) is 16.3. The molecule has 0 saturated heterocycles. The number of fused-ring (bicyclic) bond motifs is 1. The fraction of sp³-hybridized carbons (Fsp3) is 0.333. The summed E-state index contributed by atoms with van der Waals surface area (Å²) in [5.74, 6) is 0. The third-order valence-electron chi connectivity index (χ3n) is 3.81. The molecule has 3 nitrogen and oxygen atoms in total. The molecule has 2 aromatic rings. The van der Waals surface area contributed by atoms with Crippen LogP contribution in [0, 0.1) is 0 Å². The van der Waals surface area contributed by atoms with Crippen LogP contribution in [0.2, 0.25) is 0 Å². The molecule has 1 aromatic heterocycles. The molecule has 19 heavy (non-hydrogen) atoms. The predicted octanol–water partition coefficient (Wildman–Crippen LogP) is 2.70. The van der Waals surface area contributed by atoms with Gasteiger partial charge < -0.3 is 15.5 Å². The SMILES string of the molecule is CN1CCN(C(CN)c2ccsc2)c2ccccc21. The monoisotopic (exact) mass is 273 g/mol. The molecule has 2 heterocycles. The maximum Gasteiger partial charge on any atom is 0.0674 e. The van der Waals surface area contributed by atoms with Crippen molar-refractivity contribution in [2.24, 2.45) is 5.73 Å². The van der Waals surface area contributed by atoms with E-state index in [2.05, 4.69) is 57.9 Å². The van der Waals surface area contributed by atoms with E-state index in [1.54, 1.807) is 11.3 Å². The van der Waals surface area contributed by atoms with Crippen molar-refractivity contribution in [3.05, 3.63) is 46.7 Å². The quantitative estimate of drug-likeness (QED) is 0.933. The molecule has 100 valence electrons. The van der Waals surface area contributed by atoms with Crippen LogP contribution in [0.3, 0.4) is 0 Å². The molecule has 0 radical (unpaired) electrons. The Hall–Kier alpha value is -1.52. The Morgan fingerprint density at radius 3 is 2.68 bits per heavy atom. The Labute approximate surface area is 118 Å². The first-order chi connectivity index (χ1) is 9.31. The lowest BCUT2D eigenvalue weighted by atomic mass is 10.1. The van der Waals surface area contributed by atoms with Crippen LogP contribution < -0.4 is 15.5 Å². The van der Waals surface area contributed by atoms with Crippen LogP contribution in [0.1, 0.15) is 11.6 Å². The van der Waals surface area contributed by atoms with Gasteiger partial charge in [0.2, 0.25) is 0 Å². The van der Waals surface area contributed by atoms with Crippen molar-refractivity contribution in [2.75, 3.05) is 36.5 Å². The molecule has 2 N–H and O–H groups in total. The number of rotatable bonds is 3. The van der Waals surface area contributed by atoms with Crippen LogP contribution in [0.25, 0.3) is 0 Å². The summed E-state index contributed by atoms with van der Waals surface area (Å²) in [6.07, 6.45) is 0. The Morgan fingerprint density at radius 1 is 1.21 bits per heavy atom. The van der Waals surface area contributed by atoms with E-state index in [1.807, 2.05) is 0 Å². The zero-order chi connectivity index (χ0) is 13.2. The van der Waals surface area contributed by atoms with Gasteiger partial charge in [0.1, 0.15) is 0 Å². The molecule has 0 amide bonds. The molecule has 0 spiro atoms. The molecule has 1 aliphatic heterocycles. The van der Waals surface area contributed by atoms with Crippen molar-refractivity contribution < 1.29 is 0 Å². The zero-order valence-electron chi connectivity index (χ0n) is 11.1. The number of hydrogen-bond acceptors (Lipinski definition) is 4. The molecule has 0 fully saturated rings. The first-order valence-corrected chi connectivity index (χ1v) is 7.54. The molecule has 0 bridgehead atoms. The topological polar surface area (TPSA) is 32.5 Å². The Balaban J connectivity index is 1.99. The highest BCUT2D eigenvalue weighted by Crippen LogP contribution is 2.37. The van der Waals surface area contributed by atoms with Crippen LogP contribution in [0.15, 0.2) is 41.1 Å². The van der Waals surface area contributed by atoms with Crippen molar-refractivity contribution >= 4 is 22.7 Å². The lowest BCUT2D eigenvalue weighted by molar-refractivity contribution is 0.612. The second kappa shape index (κ2) is 5.23. The van der Waals surface area contributed by atoms with Gasteiger partial charge in [0.05, 0.1) is 17.4 Å². The van der Waals surface area contributed by atoms with Crippen molar-refractivity contribution in [3.63, 3.8) is 0 Å². The minimum atomic E-state index is 0.279. The minimum absolute atomic E-state index is 0.279. The van der Waals surface area contributed by atoms with Gasteiger partial charge in [-0.2, -0.15) is 11.3 Å². The fourth-order valence-electron chi connectivity index (χ4n) is 2.76. The summed E-state index contributed by atoms with van der Waals surface area (Å²) in [4.78, 5) is 4.75.